The molecule has 1 saturated heterocycles. The van der Waals surface area contributed by atoms with E-state index in [1.807, 2.05) is 0 Å². The normalized spacial score (nSPS) is 28.1. The van der Waals surface area contributed by atoms with Crippen LogP contribution in [-0.4, -0.2) is 41.6 Å². The Morgan fingerprint density at radius 1 is 1.25 bits per heavy atom. The van der Waals surface area contributed by atoms with Gasteiger partial charge in [-0.1, -0.05) is 19.3 Å². The van der Waals surface area contributed by atoms with Gasteiger partial charge in [0.1, 0.15) is 0 Å². The van der Waals surface area contributed by atoms with Crippen LogP contribution < -0.4 is 5.73 Å². The van der Waals surface area contributed by atoms with E-state index in [-0.39, 0.29) is 5.54 Å². The van der Waals surface area contributed by atoms with Crippen molar-refractivity contribution in [3.8, 4) is 0 Å². The summed E-state index contributed by atoms with van der Waals surface area (Å²) in [4.78, 5) is 2.67. The fourth-order valence-corrected chi connectivity index (χ4v) is 3.83. The van der Waals surface area contributed by atoms with E-state index >= 15 is 0 Å². The lowest BCUT2D eigenvalue weighted by atomic mass is 9.76. The van der Waals surface area contributed by atoms with Crippen molar-refractivity contribution in [2.24, 2.45) is 11.7 Å². The predicted molar refractivity (Wildman–Crippen MR) is 72.9 cm³/mol. The molecule has 2 N–H and O–H groups in total. The molecule has 0 aromatic carbocycles. The van der Waals surface area contributed by atoms with Gasteiger partial charge in [0.15, 0.2) is 0 Å². The van der Waals surface area contributed by atoms with Crippen molar-refractivity contribution in [2.45, 2.75) is 44.6 Å². The fourth-order valence-electron chi connectivity index (χ4n) is 2.95. The SMILES string of the molecule is CC(CN)(CC1CCC1)N1CCCSCC1. The lowest BCUT2D eigenvalue weighted by Gasteiger charge is -2.44. The molecule has 3 heteroatoms. The maximum absolute atomic E-state index is 6.07. The van der Waals surface area contributed by atoms with E-state index < -0.39 is 0 Å². The summed E-state index contributed by atoms with van der Waals surface area (Å²) >= 11 is 2.10. The Kier molecular flexibility index (Phi) is 4.57. The van der Waals surface area contributed by atoms with Gasteiger partial charge >= 0.3 is 0 Å². The summed E-state index contributed by atoms with van der Waals surface area (Å²) in [5.41, 5.74) is 6.34. The van der Waals surface area contributed by atoms with Crippen LogP contribution in [0.1, 0.15) is 39.0 Å². The molecule has 2 fully saturated rings. The second-order valence-electron chi connectivity index (χ2n) is 5.66. The Bertz CT molecular complexity index is 210. The molecule has 0 aromatic heterocycles. The highest BCUT2D eigenvalue weighted by Gasteiger charge is 2.35. The van der Waals surface area contributed by atoms with Crippen molar-refractivity contribution in [2.75, 3.05) is 31.1 Å². The molecule has 2 rings (SSSR count). The minimum Gasteiger partial charge on any atom is -0.329 e. The first-order chi connectivity index (χ1) is 7.74. The first-order valence-electron chi connectivity index (χ1n) is 6.77. The molecule has 1 atom stereocenters. The van der Waals surface area contributed by atoms with Gasteiger partial charge in [-0.3, -0.25) is 4.90 Å². The summed E-state index contributed by atoms with van der Waals surface area (Å²) in [7, 11) is 0. The first-order valence-corrected chi connectivity index (χ1v) is 7.93. The van der Waals surface area contributed by atoms with E-state index in [2.05, 4.69) is 23.6 Å². The third-order valence-electron chi connectivity index (χ3n) is 4.38. The molecular formula is C13H26N2S. The number of thioether (sulfide) groups is 1. The Labute approximate surface area is 104 Å². The molecule has 0 spiro atoms. The number of hydrogen-bond donors (Lipinski definition) is 1. The molecule has 16 heavy (non-hydrogen) atoms. The molecule has 2 nitrogen and oxygen atoms in total. The smallest absolute Gasteiger partial charge is 0.0306 e. The topological polar surface area (TPSA) is 29.3 Å². The molecule has 0 amide bonds. The van der Waals surface area contributed by atoms with Crippen LogP contribution in [0.15, 0.2) is 0 Å². The van der Waals surface area contributed by atoms with Crippen LogP contribution in [0.3, 0.4) is 0 Å². The Hall–Kier alpha value is 0.270. The van der Waals surface area contributed by atoms with E-state index in [0.29, 0.717) is 0 Å². The fraction of sp³-hybridized carbons (Fsp3) is 1.00. The molecule has 1 saturated carbocycles. The van der Waals surface area contributed by atoms with Crippen molar-refractivity contribution < 1.29 is 0 Å². The van der Waals surface area contributed by atoms with Gasteiger partial charge in [0.2, 0.25) is 0 Å². The third-order valence-corrected chi connectivity index (χ3v) is 5.43. The second kappa shape index (κ2) is 5.74. The molecule has 1 aliphatic heterocycles. The lowest BCUT2D eigenvalue weighted by Crippen LogP contribution is -2.54. The van der Waals surface area contributed by atoms with Crippen molar-refractivity contribution in [3.63, 3.8) is 0 Å². The zero-order valence-corrected chi connectivity index (χ0v) is 11.4. The number of nitrogens with zero attached hydrogens (tertiary/aromatic N) is 1. The summed E-state index contributed by atoms with van der Waals surface area (Å²) < 4.78 is 0. The number of hydrogen-bond acceptors (Lipinski definition) is 3. The van der Waals surface area contributed by atoms with Gasteiger partial charge in [0.25, 0.3) is 0 Å². The summed E-state index contributed by atoms with van der Waals surface area (Å²) in [6, 6.07) is 0. The highest BCUT2D eigenvalue weighted by atomic mass is 32.2. The monoisotopic (exact) mass is 242 g/mol. The first kappa shape index (κ1) is 12.7. The quantitative estimate of drug-likeness (QED) is 0.820. The average molecular weight is 242 g/mol. The molecular weight excluding hydrogens is 216 g/mol. The predicted octanol–water partition coefficient (Wildman–Crippen LogP) is 2.33. The van der Waals surface area contributed by atoms with Crippen LogP contribution in [0.25, 0.3) is 0 Å². The maximum atomic E-state index is 6.07. The van der Waals surface area contributed by atoms with Crippen LogP contribution in [0.5, 0.6) is 0 Å². The molecule has 1 unspecified atom stereocenters. The minimum absolute atomic E-state index is 0.274. The molecule has 2 aliphatic rings. The molecule has 0 radical (unpaired) electrons. The highest BCUT2D eigenvalue weighted by Crippen LogP contribution is 2.36. The van der Waals surface area contributed by atoms with Crippen LogP contribution in [0.4, 0.5) is 0 Å². The summed E-state index contributed by atoms with van der Waals surface area (Å²) in [5, 5.41) is 0. The van der Waals surface area contributed by atoms with Crippen LogP contribution in [-0.2, 0) is 0 Å². The standard InChI is InChI=1S/C13H26N2S/c1-13(11-14,10-12-4-2-5-12)15-6-3-8-16-9-7-15/h12H,2-11,14H2,1H3. The molecule has 0 aromatic rings. The van der Waals surface area contributed by atoms with Gasteiger partial charge in [-0.15, -0.1) is 0 Å². The van der Waals surface area contributed by atoms with Gasteiger partial charge < -0.3 is 5.73 Å². The van der Waals surface area contributed by atoms with E-state index in [4.69, 9.17) is 5.73 Å². The van der Waals surface area contributed by atoms with Crippen molar-refractivity contribution in [1.29, 1.82) is 0 Å². The number of rotatable bonds is 4. The summed E-state index contributed by atoms with van der Waals surface area (Å²) in [6.07, 6.45) is 7.00. The van der Waals surface area contributed by atoms with Gasteiger partial charge in [0.05, 0.1) is 0 Å². The largest absolute Gasteiger partial charge is 0.329 e. The molecule has 94 valence electrons. The highest BCUT2D eigenvalue weighted by molar-refractivity contribution is 7.99. The number of nitrogens with two attached hydrogens (primary N) is 1. The van der Waals surface area contributed by atoms with E-state index in [1.165, 1.54) is 56.7 Å². The summed E-state index contributed by atoms with van der Waals surface area (Å²) in [5.74, 6) is 3.59. The molecule has 1 heterocycles. The summed E-state index contributed by atoms with van der Waals surface area (Å²) in [6.45, 7) is 5.72. The Morgan fingerprint density at radius 2 is 2.06 bits per heavy atom. The third kappa shape index (κ3) is 2.93. The maximum Gasteiger partial charge on any atom is 0.0306 e. The molecule has 0 bridgehead atoms. The Balaban J connectivity index is 1.93. The van der Waals surface area contributed by atoms with E-state index in [9.17, 15) is 0 Å². The minimum atomic E-state index is 0.274. The molecule has 1 aliphatic carbocycles. The van der Waals surface area contributed by atoms with Crippen molar-refractivity contribution in [3.05, 3.63) is 0 Å². The van der Waals surface area contributed by atoms with Crippen molar-refractivity contribution in [1.82, 2.24) is 4.90 Å². The van der Waals surface area contributed by atoms with Gasteiger partial charge in [-0.05, 0) is 38.0 Å². The lowest BCUT2D eigenvalue weighted by molar-refractivity contribution is 0.0750. The van der Waals surface area contributed by atoms with Crippen LogP contribution in [0.2, 0.25) is 0 Å². The zero-order valence-electron chi connectivity index (χ0n) is 10.6. The van der Waals surface area contributed by atoms with Crippen LogP contribution in [0, 0.1) is 5.92 Å². The van der Waals surface area contributed by atoms with Gasteiger partial charge in [-0.2, -0.15) is 11.8 Å². The average Bonchev–Trinajstić information content (AvgIpc) is 2.52. The zero-order chi connectivity index (χ0) is 11.4. The van der Waals surface area contributed by atoms with Crippen molar-refractivity contribution >= 4 is 11.8 Å². The van der Waals surface area contributed by atoms with E-state index in [1.54, 1.807) is 0 Å². The van der Waals surface area contributed by atoms with Gasteiger partial charge in [0, 0.05) is 24.4 Å². The van der Waals surface area contributed by atoms with Gasteiger partial charge in [-0.25, -0.2) is 0 Å². The second-order valence-corrected chi connectivity index (χ2v) is 6.88. The van der Waals surface area contributed by atoms with E-state index in [0.717, 1.165) is 12.5 Å². The Morgan fingerprint density at radius 3 is 2.69 bits per heavy atom. The van der Waals surface area contributed by atoms with Crippen LogP contribution >= 0.6 is 11.8 Å².